The number of rotatable bonds is 8. The van der Waals surface area contributed by atoms with Gasteiger partial charge >= 0.3 is 0 Å². The second kappa shape index (κ2) is 8.75. The second-order valence-corrected chi connectivity index (χ2v) is 8.29. The predicted molar refractivity (Wildman–Crippen MR) is 110 cm³/mol. The fraction of sp³-hybridized carbons (Fsp3) is 0.300. The average molecular weight is 432 g/mol. The number of carbonyl (C=O) groups is 1. The van der Waals surface area contributed by atoms with Crippen molar-refractivity contribution < 1.29 is 4.79 Å². The first-order valence-corrected chi connectivity index (χ1v) is 10.2. The van der Waals surface area contributed by atoms with Crippen LogP contribution in [0.25, 0.3) is 10.6 Å². The Morgan fingerprint density at radius 1 is 1.31 bits per heavy atom. The number of ketones is 1. The minimum absolute atomic E-state index is 0.179. The zero-order chi connectivity index (χ0) is 18.5. The molecule has 136 valence electrons. The number of thiophene rings is 1. The van der Waals surface area contributed by atoms with Gasteiger partial charge in [-0.1, -0.05) is 30.3 Å². The molecule has 0 aliphatic heterocycles. The molecule has 0 saturated heterocycles. The van der Waals surface area contributed by atoms with E-state index >= 15 is 0 Å². The summed E-state index contributed by atoms with van der Waals surface area (Å²) in [6, 6.07) is 14.2. The smallest absolute Gasteiger partial charge is 0.173 e. The van der Waals surface area contributed by atoms with Crippen LogP contribution >= 0.6 is 27.3 Å². The fourth-order valence-corrected chi connectivity index (χ4v) is 4.98. The maximum absolute atomic E-state index is 12.9. The maximum Gasteiger partial charge on any atom is 0.173 e. The first kappa shape index (κ1) is 19.0. The van der Waals surface area contributed by atoms with E-state index in [-0.39, 0.29) is 11.7 Å². The summed E-state index contributed by atoms with van der Waals surface area (Å²) in [5.74, 6) is 0.439. The van der Waals surface area contributed by atoms with Gasteiger partial charge < -0.3 is 5.73 Å². The van der Waals surface area contributed by atoms with Crippen molar-refractivity contribution in [3.05, 3.63) is 63.6 Å². The van der Waals surface area contributed by atoms with E-state index in [0.29, 0.717) is 13.0 Å². The van der Waals surface area contributed by atoms with Crippen LogP contribution in [-0.4, -0.2) is 22.1 Å². The van der Waals surface area contributed by atoms with Crippen LogP contribution in [0.5, 0.6) is 0 Å². The van der Waals surface area contributed by atoms with Crippen molar-refractivity contribution in [2.45, 2.75) is 19.3 Å². The molecule has 6 heteroatoms. The molecule has 2 N–H and O–H groups in total. The highest BCUT2D eigenvalue weighted by atomic mass is 79.9. The minimum Gasteiger partial charge on any atom is -0.330 e. The van der Waals surface area contributed by atoms with Crippen molar-refractivity contribution in [2.24, 2.45) is 18.7 Å². The van der Waals surface area contributed by atoms with Crippen LogP contribution in [-0.2, 0) is 13.5 Å². The van der Waals surface area contributed by atoms with Gasteiger partial charge in [-0.15, -0.1) is 11.3 Å². The first-order chi connectivity index (χ1) is 12.6. The highest BCUT2D eigenvalue weighted by molar-refractivity contribution is 9.10. The third-order valence-electron chi connectivity index (χ3n) is 4.43. The van der Waals surface area contributed by atoms with E-state index < -0.39 is 0 Å². The summed E-state index contributed by atoms with van der Waals surface area (Å²) < 4.78 is 2.75. The number of hydrogen-bond acceptors (Lipinski definition) is 4. The van der Waals surface area contributed by atoms with Crippen molar-refractivity contribution in [3.63, 3.8) is 0 Å². The number of halogens is 1. The zero-order valence-electron chi connectivity index (χ0n) is 14.7. The third kappa shape index (κ3) is 4.50. The van der Waals surface area contributed by atoms with E-state index in [0.717, 1.165) is 32.8 Å². The minimum atomic E-state index is 0.179. The summed E-state index contributed by atoms with van der Waals surface area (Å²) in [5.41, 5.74) is 8.04. The Bertz CT molecular complexity index is 872. The molecule has 1 aromatic carbocycles. The Morgan fingerprint density at radius 2 is 2.08 bits per heavy atom. The van der Waals surface area contributed by atoms with E-state index in [1.165, 1.54) is 16.9 Å². The molecule has 26 heavy (non-hydrogen) atoms. The molecule has 3 rings (SSSR count). The number of nitrogens with zero attached hydrogens (tertiary/aromatic N) is 2. The molecule has 0 fully saturated rings. The van der Waals surface area contributed by atoms with Crippen molar-refractivity contribution in [3.8, 4) is 10.6 Å². The lowest BCUT2D eigenvalue weighted by Crippen LogP contribution is -2.15. The summed E-state index contributed by atoms with van der Waals surface area (Å²) in [6.45, 7) is 0.596. The lowest BCUT2D eigenvalue weighted by Gasteiger charge is -2.15. The molecular formula is C20H22BrN3OS. The second-order valence-electron chi connectivity index (χ2n) is 6.39. The monoisotopic (exact) mass is 431 g/mol. The Labute approximate surface area is 166 Å². The molecule has 1 unspecified atom stereocenters. The normalized spacial score (nSPS) is 12.3. The molecule has 3 aromatic rings. The Kier molecular flexibility index (Phi) is 6.40. The lowest BCUT2D eigenvalue weighted by atomic mass is 9.91. The van der Waals surface area contributed by atoms with Gasteiger partial charge in [0.15, 0.2) is 5.78 Å². The van der Waals surface area contributed by atoms with Crippen molar-refractivity contribution >= 4 is 33.0 Å². The van der Waals surface area contributed by atoms with Crippen LogP contribution in [0.1, 0.15) is 28.1 Å². The molecule has 2 heterocycles. The van der Waals surface area contributed by atoms with E-state index in [2.05, 4.69) is 33.2 Å². The molecule has 1 atom stereocenters. The molecule has 0 radical (unpaired) electrons. The highest BCUT2D eigenvalue weighted by Gasteiger charge is 2.20. The van der Waals surface area contributed by atoms with Crippen molar-refractivity contribution in [1.82, 2.24) is 9.78 Å². The first-order valence-electron chi connectivity index (χ1n) is 8.63. The van der Waals surface area contributed by atoms with E-state index in [1.807, 2.05) is 42.1 Å². The van der Waals surface area contributed by atoms with Gasteiger partial charge in [-0.2, -0.15) is 5.10 Å². The third-order valence-corrected chi connectivity index (χ3v) is 6.52. The van der Waals surface area contributed by atoms with Crippen LogP contribution in [0.3, 0.4) is 0 Å². The van der Waals surface area contributed by atoms with Gasteiger partial charge in [0.05, 0.1) is 15.4 Å². The largest absolute Gasteiger partial charge is 0.330 e. The summed E-state index contributed by atoms with van der Waals surface area (Å²) in [6.07, 6.45) is 4.01. The molecule has 0 aliphatic carbocycles. The molecule has 0 aliphatic rings. The summed E-state index contributed by atoms with van der Waals surface area (Å²) in [5, 5.41) is 4.21. The number of nitrogens with two attached hydrogens (primary N) is 1. The Balaban J connectivity index is 1.74. The zero-order valence-corrected chi connectivity index (χ0v) is 17.1. The Morgan fingerprint density at radius 3 is 2.73 bits per heavy atom. The van der Waals surface area contributed by atoms with E-state index in [4.69, 9.17) is 5.73 Å². The summed E-state index contributed by atoms with van der Waals surface area (Å²) in [4.78, 5) is 14.7. The Hall–Kier alpha value is -1.76. The van der Waals surface area contributed by atoms with Crippen LogP contribution in [0.4, 0.5) is 0 Å². The fourth-order valence-electron chi connectivity index (χ4n) is 3.10. The predicted octanol–water partition coefficient (Wildman–Crippen LogP) is 4.69. The number of hydrogen-bond donors (Lipinski definition) is 1. The SMILES string of the molecule is Cn1nccc1-c1sc(C(=O)CC(CCN)Cc2ccccc2)cc1Br. The van der Waals surface area contributed by atoms with Gasteiger partial charge in [-0.25, -0.2) is 0 Å². The molecule has 0 bridgehead atoms. The highest BCUT2D eigenvalue weighted by Crippen LogP contribution is 2.37. The van der Waals surface area contributed by atoms with Crippen LogP contribution in [0, 0.1) is 5.92 Å². The standard InChI is InChI=1S/C20H22BrN3OS/c1-24-17(8-10-23-24)20-16(21)13-19(26-20)18(25)12-15(7-9-22)11-14-5-3-2-4-6-14/h2-6,8,10,13,15H,7,9,11-12,22H2,1H3. The van der Waals surface area contributed by atoms with E-state index in [1.54, 1.807) is 6.20 Å². The quantitative estimate of drug-likeness (QED) is 0.526. The molecule has 0 amide bonds. The van der Waals surface area contributed by atoms with Crippen LogP contribution < -0.4 is 5.73 Å². The lowest BCUT2D eigenvalue weighted by molar-refractivity contribution is 0.0963. The topological polar surface area (TPSA) is 60.9 Å². The number of benzene rings is 1. The van der Waals surface area contributed by atoms with Gasteiger partial charge in [0.2, 0.25) is 0 Å². The summed E-state index contributed by atoms with van der Waals surface area (Å²) >= 11 is 5.11. The van der Waals surface area contributed by atoms with Crippen molar-refractivity contribution in [1.29, 1.82) is 0 Å². The maximum atomic E-state index is 12.9. The van der Waals surface area contributed by atoms with Crippen molar-refractivity contribution in [2.75, 3.05) is 6.54 Å². The number of carbonyl (C=O) groups excluding carboxylic acids is 1. The van der Waals surface area contributed by atoms with Gasteiger partial charge in [0.1, 0.15) is 0 Å². The number of Topliss-reactive ketones (excluding diaryl/α,β-unsaturated/α-hetero) is 1. The average Bonchev–Trinajstić information content (AvgIpc) is 3.21. The molecule has 0 spiro atoms. The van der Waals surface area contributed by atoms with Gasteiger partial charge in [0.25, 0.3) is 0 Å². The van der Waals surface area contributed by atoms with Gasteiger partial charge in [-0.3, -0.25) is 9.48 Å². The molecule has 2 aromatic heterocycles. The molecule has 4 nitrogen and oxygen atoms in total. The molecule has 0 saturated carbocycles. The van der Waals surface area contributed by atoms with E-state index in [9.17, 15) is 4.79 Å². The summed E-state index contributed by atoms with van der Waals surface area (Å²) in [7, 11) is 1.90. The van der Waals surface area contributed by atoms with Gasteiger partial charge in [-0.05, 0) is 58.9 Å². The molecular weight excluding hydrogens is 410 g/mol. The number of aryl methyl sites for hydroxylation is 1. The van der Waals surface area contributed by atoms with Crippen LogP contribution in [0.15, 0.2) is 53.1 Å². The number of aromatic nitrogens is 2. The van der Waals surface area contributed by atoms with Gasteiger partial charge in [0, 0.05) is 24.1 Å². The van der Waals surface area contributed by atoms with Crippen LogP contribution in [0.2, 0.25) is 0 Å².